The maximum absolute atomic E-state index is 12.2. The normalized spacial score (nSPS) is 15.7. The number of thiophene rings is 1. The second kappa shape index (κ2) is 7.15. The number of carbonyl (C=O) groups is 1. The zero-order valence-electron chi connectivity index (χ0n) is 13.6. The second-order valence-electron chi connectivity index (χ2n) is 5.90. The van der Waals surface area contributed by atoms with Gasteiger partial charge < -0.3 is 10.6 Å². The first-order chi connectivity index (χ1) is 11.2. The van der Waals surface area contributed by atoms with Crippen LogP contribution in [0.5, 0.6) is 0 Å². The number of nitrogens with one attached hydrogen (secondary N) is 2. The Morgan fingerprint density at radius 2 is 2.13 bits per heavy atom. The molecule has 0 bridgehead atoms. The smallest absolute Gasteiger partial charge is 0.319 e. The van der Waals surface area contributed by atoms with Crippen LogP contribution in [0.25, 0.3) is 0 Å². The topological polar surface area (TPSA) is 44.4 Å². The van der Waals surface area contributed by atoms with E-state index in [4.69, 9.17) is 0 Å². The molecule has 1 aliphatic heterocycles. The van der Waals surface area contributed by atoms with Crippen LogP contribution in [0.15, 0.2) is 35.7 Å². The number of amides is 2. The molecular formula is C18H23N3OS. The van der Waals surface area contributed by atoms with Crippen molar-refractivity contribution in [3.8, 4) is 0 Å². The molecule has 1 unspecified atom stereocenters. The van der Waals surface area contributed by atoms with Gasteiger partial charge in [0.25, 0.3) is 0 Å². The van der Waals surface area contributed by atoms with Crippen LogP contribution in [-0.4, -0.2) is 24.0 Å². The van der Waals surface area contributed by atoms with Crippen LogP contribution in [0.3, 0.4) is 0 Å². The van der Waals surface area contributed by atoms with Crippen LogP contribution in [0.2, 0.25) is 0 Å². The monoisotopic (exact) mass is 329 g/mol. The number of urea groups is 1. The summed E-state index contributed by atoms with van der Waals surface area (Å²) in [6.45, 7) is 7.51. The quantitative estimate of drug-likeness (QED) is 0.890. The third kappa shape index (κ3) is 3.74. The summed E-state index contributed by atoms with van der Waals surface area (Å²) in [7, 11) is 0. The van der Waals surface area contributed by atoms with Crippen molar-refractivity contribution in [2.24, 2.45) is 0 Å². The molecule has 2 aromatic rings. The van der Waals surface area contributed by atoms with E-state index >= 15 is 0 Å². The summed E-state index contributed by atoms with van der Waals surface area (Å²) in [5, 5.41) is 8.13. The fraction of sp³-hybridized carbons (Fsp3) is 0.389. The standard InChI is InChI=1S/C18H23N3OS/c1-3-21-10-9-15-16(12-23-17(15)11-21)13(2)19-18(22)20-14-7-5-4-6-8-14/h4-8,12-13H,3,9-11H2,1-2H3,(H2,19,20,22). The summed E-state index contributed by atoms with van der Waals surface area (Å²) in [6.07, 6.45) is 1.08. The van der Waals surface area contributed by atoms with E-state index in [1.54, 1.807) is 0 Å². The molecule has 0 aliphatic carbocycles. The van der Waals surface area contributed by atoms with Crippen LogP contribution < -0.4 is 10.6 Å². The molecule has 0 saturated carbocycles. The highest BCUT2D eigenvalue weighted by atomic mass is 32.1. The maximum atomic E-state index is 12.2. The Labute approximate surface area is 141 Å². The van der Waals surface area contributed by atoms with E-state index in [0.29, 0.717) is 0 Å². The lowest BCUT2D eigenvalue weighted by Gasteiger charge is -2.26. The molecule has 1 aromatic heterocycles. The zero-order chi connectivity index (χ0) is 16.2. The number of benzene rings is 1. The molecule has 1 aliphatic rings. The Bertz CT molecular complexity index is 668. The minimum atomic E-state index is -0.158. The number of likely N-dealkylation sites (N-methyl/N-ethyl adjacent to an activating group) is 1. The number of nitrogens with zero attached hydrogens (tertiary/aromatic N) is 1. The van der Waals surface area contributed by atoms with E-state index in [0.717, 1.165) is 31.7 Å². The van der Waals surface area contributed by atoms with E-state index in [1.807, 2.05) is 41.7 Å². The molecule has 4 nitrogen and oxygen atoms in total. The number of para-hydroxylation sites is 1. The number of hydrogen-bond acceptors (Lipinski definition) is 3. The van der Waals surface area contributed by atoms with E-state index in [9.17, 15) is 4.79 Å². The number of rotatable bonds is 4. The number of fused-ring (bicyclic) bond motifs is 1. The van der Waals surface area contributed by atoms with Crippen molar-refractivity contribution in [1.29, 1.82) is 0 Å². The molecule has 23 heavy (non-hydrogen) atoms. The van der Waals surface area contributed by atoms with Crippen LogP contribution in [0.4, 0.5) is 10.5 Å². The highest BCUT2D eigenvalue weighted by Crippen LogP contribution is 2.32. The largest absolute Gasteiger partial charge is 0.331 e. The molecule has 0 radical (unpaired) electrons. The molecule has 0 spiro atoms. The lowest BCUT2D eigenvalue weighted by Crippen LogP contribution is -2.33. The molecule has 2 heterocycles. The Morgan fingerprint density at radius 3 is 2.87 bits per heavy atom. The van der Waals surface area contributed by atoms with Crippen molar-refractivity contribution >= 4 is 23.1 Å². The summed E-state index contributed by atoms with van der Waals surface area (Å²) >= 11 is 1.82. The Morgan fingerprint density at radius 1 is 1.35 bits per heavy atom. The Balaban J connectivity index is 1.64. The minimum Gasteiger partial charge on any atom is -0.331 e. The van der Waals surface area contributed by atoms with Gasteiger partial charge in [-0.25, -0.2) is 4.79 Å². The van der Waals surface area contributed by atoms with Gasteiger partial charge >= 0.3 is 6.03 Å². The molecule has 1 atom stereocenters. The number of anilines is 1. The molecule has 122 valence electrons. The molecule has 0 saturated heterocycles. The Kier molecular flexibility index (Phi) is 4.98. The van der Waals surface area contributed by atoms with Gasteiger partial charge in [0.05, 0.1) is 6.04 Å². The molecule has 1 aromatic carbocycles. The van der Waals surface area contributed by atoms with Gasteiger partial charge in [-0.05, 0) is 48.5 Å². The number of carbonyl (C=O) groups excluding carboxylic acids is 1. The van der Waals surface area contributed by atoms with Gasteiger partial charge in [-0.15, -0.1) is 11.3 Å². The summed E-state index contributed by atoms with van der Waals surface area (Å²) in [4.78, 5) is 16.1. The van der Waals surface area contributed by atoms with Gasteiger partial charge in [0.1, 0.15) is 0 Å². The summed E-state index contributed by atoms with van der Waals surface area (Å²) in [6, 6.07) is 9.39. The van der Waals surface area contributed by atoms with Crippen LogP contribution in [0.1, 0.15) is 35.9 Å². The van der Waals surface area contributed by atoms with E-state index in [-0.39, 0.29) is 12.1 Å². The van der Waals surface area contributed by atoms with Crippen molar-refractivity contribution in [2.75, 3.05) is 18.4 Å². The third-order valence-corrected chi connectivity index (χ3v) is 5.38. The minimum absolute atomic E-state index is 0.0203. The first kappa shape index (κ1) is 16.0. The average molecular weight is 329 g/mol. The lowest BCUT2D eigenvalue weighted by molar-refractivity contribution is 0.249. The first-order valence-corrected chi connectivity index (χ1v) is 8.99. The zero-order valence-corrected chi connectivity index (χ0v) is 14.5. The third-order valence-electron chi connectivity index (χ3n) is 4.35. The van der Waals surface area contributed by atoms with Gasteiger partial charge in [0.15, 0.2) is 0 Å². The SMILES string of the molecule is CCN1CCc2c(C(C)NC(=O)Nc3ccccc3)csc2C1. The van der Waals surface area contributed by atoms with Crippen molar-refractivity contribution < 1.29 is 4.79 Å². The van der Waals surface area contributed by atoms with Crippen LogP contribution in [-0.2, 0) is 13.0 Å². The molecule has 2 N–H and O–H groups in total. The van der Waals surface area contributed by atoms with Crippen molar-refractivity contribution in [1.82, 2.24) is 10.2 Å². The van der Waals surface area contributed by atoms with E-state index in [2.05, 4.69) is 34.8 Å². The van der Waals surface area contributed by atoms with Crippen LogP contribution >= 0.6 is 11.3 Å². The molecule has 3 rings (SSSR count). The van der Waals surface area contributed by atoms with E-state index < -0.39 is 0 Å². The molecular weight excluding hydrogens is 306 g/mol. The molecule has 5 heteroatoms. The highest BCUT2D eigenvalue weighted by Gasteiger charge is 2.23. The van der Waals surface area contributed by atoms with Crippen molar-refractivity contribution in [3.05, 3.63) is 51.7 Å². The summed E-state index contributed by atoms with van der Waals surface area (Å²) in [5.74, 6) is 0. The average Bonchev–Trinajstić information content (AvgIpc) is 2.98. The van der Waals surface area contributed by atoms with Gasteiger partial charge in [0.2, 0.25) is 0 Å². The molecule has 2 amide bonds. The summed E-state index contributed by atoms with van der Waals surface area (Å²) < 4.78 is 0. The van der Waals surface area contributed by atoms with Crippen molar-refractivity contribution in [3.63, 3.8) is 0 Å². The lowest BCUT2D eigenvalue weighted by atomic mass is 9.99. The fourth-order valence-corrected chi connectivity index (χ4v) is 4.24. The van der Waals surface area contributed by atoms with Gasteiger partial charge in [-0.3, -0.25) is 4.90 Å². The van der Waals surface area contributed by atoms with Crippen molar-refractivity contribution in [2.45, 2.75) is 32.9 Å². The fourth-order valence-electron chi connectivity index (χ4n) is 3.00. The van der Waals surface area contributed by atoms with Gasteiger partial charge in [-0.1, -0.05) is 25.1 Å². The second-order valence-corrected chi connectivity index (χ2v) is 6.86. The highest BCUT2D eigenvalue weighted by molar-refractivity contribution is 7.10. The maximum Gasteiger partial charge on any atom is 0.319 e. The van der Waals surface area contributed by atoms with E-state index in [1.165, 1.54) is 16.0 Å². The van der Waals surface area contributed by atoms with Gasteiger partial charge in [0, 0.05) is 23.7 Å². The first-order valence-electron chi connectivity index (χ1n) is 8.11. The summed E-state index contributed by atoms with van der Waals surface area (Å²) in [5.41, 5.74) is 3.51. The van der Waals surface area contributed by atoms with Crippen LogP contribution in [0, 0.1) is 0 Å². The predicted molar refractivity (Wildman–Crippen MR) is 96.0 cm³/mol. The Hall–Kier alpha value is -1.85. The van der Waals surface area contributed by atoms with Gasteiger partial charge in [-0.2, -0.15) is 0 Å². The molecule has 0 fully saturated rings. The number of hydrogen-bond donors (Lipinski definition) is 2. The predicted octanol–water partition coefficient (Wildman–Crippen LogP) is 4.01.